The minimum absolute atomic E-state index is 0.209. The Hall–Kier alpha value is -1.64. The largest absolute Gasteiger partial charge is 0.379 e. The summed E-state index contributed by atoms with van der Waals surface area (Å²) in [7, 11) is 0. The maximum Gasteiger partial charge on any atom is 0.127 e. The lowest BCUT2D eigenvalue weighted by molar-refractivity contribution is 0.0896. The monoisotopic (exact) mass is 299 g/mol. The molecule has 0 radical (unpaired) electrons. The van der Waals surface area contributed by atoms with Gasteiger partial charge in [0.25, 0.3) is 0 Å². The van der Waals surface area contributed by atoms with Gasteiger partial charge in [0.2, 0.25) is 0 Å². The molecule has 0 atom stereocenters. The molecule has 0 fully saturated rings. The first-order chi connectivity index (χ1) is 10.8. The average molecular weight is 299 g/mol. The number of hydrogen-bond donors (Lipinski definition) is 2. The minimum atomic E-state index is -1.05. The number of rotatable bonds is 1. The molecule has 2 nitrogen and oxygen atoms in total. The van der Waals surface area contributed by atoms with Crippen molar-refractivity contribution in [3.63, 3.8) is 0 Å². The lowest BCUT2D eigenvalue weighted by Crippen LogP contribution is -2.37. The SMILES string of the molecule is CC.CC.NCC1(O)c2ccccc2CCc2ccccc21. The van der Waals surface area contributed by atoms with Gasteiger partial charge in [-0.25, -0.2) is 0 Å². The van der Waals surface area contributed by atoms with Gasteiger partial charge in [-0.3, -0.25) is 0 Å². The van der Waals surface area contributed by atoms with Crippen LogP contribution < -0.4 is 5.73 Å². The van der Waals surface area contributed by atoms with Gasteiger partial charge in [0, 0.05) is 6.54 Å². The molecule has 120 valence electrons. The molecule has 3 rings (SSSR count). The Bertz CT molecular complexity index is 530. The van der Waals surface area contributed by atoms with Gasteiger partial charge in [0.1, 0.15) is 5.60 Å². The van der Waals surface area contributed by atoms with Crippen molar-refractivity contribution in [3.8, 4) is 0 Å². The summed E-state index contributed by atoms with van der Waals surface area (Å²) in [5.74, 6) is 0. The summed E-state index contributed by atoms with van der Waals surface area (Å²) < 4.78 is 0. The van der Waals surface area contributed by atoms with E-state index in [0.717, 1.165) is 24.0 Å². The Balaban J connectivity index is 0.000000561. The molecule has 0 bridgehead atoms. The molecule has 0 aliphatic heterocycles. The Kier molecular flexibility index (Phi) is 7.30. The van der Waals surface area contributed by atoms with E-state index in [4.69, 9.17) is 5.73 Å². The smallest absolute Gasteiger partial charge is 0.127 e. The van der Waals surface area contributed by atoms with E-state index in [1.165, 1.54) is 11.1 Å². The molecule has 2 heteroatoms. The third-order valence-corrected chi connectivity index (χ3v) is 3.88. The predicted octanol–water partition coefficient (Wildman–Crippen LogP) is 4.03. The molecular weight excluding hydrogens is 270 g/mol. The zero-order valence-electron chi connectivity index (χ0n) is 14.3. The van der Waals surface area contributed by atoms with E-state index >= 15 is 0 Å². The van der Waals surface area contributed by atoms with E-state index < -0.39 is 5.60 Å². The first-order valence-electron chi connectivity index (χ1n) is 8.35. The first-order valence-corrected chi connectivity index (χ1v) is 8.35. The van der Waals surface area contributed by atoms with Crippen LogP contribution in [0.15, 0.2) is 48.5 Å². The predicted molar refractivity (Wildman–Crippen MR) is 95.0 cm³/mol. The molecule has 3 N–H and O–H groups in total. The summed E-state index contributed by atoms with van der Waals surface area (Å²) in [5, 5.41) is 11.0. The molecule has 0 saturated heterocycles. The number of nitrogens with two attached hydrogens (primary N) is 1. The van der Waals surface area contributed by atoms with E-state index in [-0.39, 0.29) is 6.54 Å². The highest BCUT2D eigenvalue weighted by molar-refractivity contribution is 5.47. The van der Waals surface area contributed by atoms with Gasteiger partial charge in [0.15, 0.2) is 0 Å². The Morgan fingerprint density at radius 2 is 1.18 bits per heavy atom. The summed E-state index contributed by atoms with van der Waals surface area (Å²) in [6.45, 7) is 8.21. The van der Waals surface area contributed by atoms with Crippen molar-refractivity contribution < 1.29 is 5.11 Å². The zero-order chi connectivity index (χ0) is 16.6. The number of aliphatic hydroxyl groups is 1. The summed E-state index contributed by atoms with van der Waals surface area (Å²) in [5.41, 5.74) is 9.14. The van der Waals surface area contributed by atoms with E-state index in [2.05, 4.69) is 12.1 Å². The summed E-state index contributed by atoms with van der Waals surface area (Å²) in [6.07, 6.45) is 1.91. The molecule has 2 aromatic rings. The second-order valence-corrected chi connectivity index (χ2v) is 4.88. The summed E-state index contributed by atoms with van der Waals surface area (Å²) in [4.78, 5) is 0. The highest BCUT2D eigenvalue weighted by atomic mass is 16.3. The van der Waals surface area contributed by atoms with Gasteiger partial charge in [-0.15, -0.1) is 0 Å². The third kappa shape index (κ3) is 3.40. The summed E-state index contributed by atoms with van der Waals surface area (Å²) in [6, 6.07) is 16.1. The molecule has 2 aromatic carbocycles. The average Bonchev–Trinajstić information content (AvgIpc) is 2.75. The molecule has 0 amide bonds. The topological polar surface area (TPSA) is 46.2 Å². The van der Waals surface area contributed by atoms with E-state index in [0.29, 0.717) is 0 Å². The second kappa shape index (κ2) is 8.72. The fourth-order valence-electron chi connectivity index (χ4n) is 2.92. The lowest BCUT2D eigenvalue weighted by atomic mass is 9.83. The maximum absolute atomic E-state index is 11.0. The molecule has 0 unspecified atom stereocenters. The van der Waals surface area contributed by atoms with Crippen LogP contribution in [0.25, 0.3) is 0 Å². The van der Waals surface area contributed by atoms with Gasteiger partial charge in [-0.1, -0.05) is 76.2 Å². The van der Waals surface area contributed by atoms with Crippen molar-refractivity contribution in [1.29, 1.82) is 0 Å². The van der Waals surface area contributed by atoms with Gasteiger partial charge < -0.3 is 10.8 Å². The minimum Gasteiger partial charge on any atom is -0.379 e. The highest BCUT2D eigenvalue weighted by Gasteiger charge is 2.35. The zero-order valence-corrected chi connectivity index (χ0v) is 14.3. The van der Waals surface area contributed by atoms with Gasteiger partial charge in [-0.2, -0.15) is 0 Å². The van der Waals surface area contributed by atoms with Crippen molar-refractivity contribution in [3.05, 3.63) is 70.8 Å². The maximum atomic E-state index is 11.0. The van der Waals surface area contributed by atoms with Gasteiger partial charge >= 0.3 is 0 Å². The van der Waals surface area contributed by atoms with Crippen LogP contribution in [0.2, 0.25) is 0 Å². The molecule has 22 heavy (non-hydrogen) atoms. The van der Waals surface area contributed by atoms with E-state index in [1.807, 2.05) is 64.1 Å². The third-order valence-electron chi connectivity index (χ3n) is 3.88. The van der Waals surface area contributed by atoms with Crippen LogP contribution in [0.5, 0.6) is 0 Å². The number of fused-ring (bicyclic) bond motifs is 2. The summed E-state index contributed by atoms with van der Waals surface area (Å²) >= 11 is 0. The number of aryl methyl sites for hydroxylation is 2. The van der Waals surface area contributed by atoms with Crippen LogP contribution in [0.1, 0.15) is 49.9 Å². The quantitative estimate of drug-likeness (QED) is 0.835. The molecule has 1 aliphatic carbocycles. The van der Waals surface area contributed by atoms with Gasteiger partial charge in [0.05, 0.1) is 0 Å². The fraction of sp³-hybridized carbons (Fsp3) is 0.400. The highest BCUT2D eigenvalue weighted by Crippen LogP contribution is 2.36. The molecule has 0 saturated carbocycles. The van der Waals surface area contributed by atoms with Gasteiger partial charge in [-0.05, 0) is 35.1 Å². The van der Waals surface area contributed by atoms with Crippen LogP contribution in [0.3, 0.4) is 0 Å². The molecule has 0 spiro atoms. The number of hydrogen-bond acceptors (Lipinski definition) is 2. The van der Waals surface area contributed by atoms with Crippen LogP contribution in [0.4, 0.5) is 0 Å². The van der Waals surface area contributed by atoms with Crippen LogP contribution >= 0.6 is 0 Å². The lowest BCUT2D eigenvalue weighted by Gasteiger charge is -2.29. The Labute approximate surface area is 135 Å². The van der Waals surface area contributed by atoms with Crippen molar-refractivity contribution in [1.82, 2.24) is 0 Å². The van der Waals surface area contributed by atoms with E-state index in [9.17, 15) is 5.11 Å². The van der Waals surface area contributed by atoms with Crippen LogP contribution in [0, 0.1) is 0 Å². The van der Waals surface area contributed by atoms with Crippen molar-refractivity contribution >= 4 is 0 Å². The Morgan fingerprint density at radius 3 is 1.55 bits per heavy atom. The first kappa shape index (κ1) is 18.4. The molecule has 1 aliphatic rings. The van der Waals surface area contributed by atoms with E-state index in [1.54, 1.807) is 0 Å². The molecule has 0 heterocycles. The number of benzene rings is 2. The Morgan fingerprint density at radius 1 is 0.818 bits per heavy atom. The fourth-order valence-corrected chi connectivity index (χ4v) is 2.92. The van der Waals surface area contributed by atoms with Crippen molar-refractivity contribution in [2.75, 3.05) is 6.54 Å². The van der Waals surface area contributed by atoms with Crippen molar-refractivity contribution in [2.45, 2.75) is 46.1 Å². The van der Waals surface area contributed by atoms with Crippen molar-refractivity contribution in [2.24, 2.45) is 5.73 Å². The normalized spacial score (nSPS) is 14.1. The molecular formula is C20H29NO. The second-order valence-electron chi connectivity index (χ2n) is 4.88. The molecule has 0 aromatic heterocycles. The van der Waals surface area contributed by atoms with Crippen LogP contribution in [-0.2, 0) is 18.4 Å². The standard InChI is InChI=1S/C16H17NO.2C2H6/c17-11-16(18)14-7-3-1-5-12(14)9-10-13-6-2-4-8-15(13)16;2*1-2/h1-8,18H,9-11,17H2;2*1-2H3. The van der Waals surface area contributed by atoms with Crippen LogP contribution in [-0.4, -0.2) is 11.7 Å².